The molecular formula is C18H26N2O. The molecular weight excluding hydrogens is 260 g/mol. The van der Waals surface area contributed by atoms with Crippen molar-refractivity contribution in [2.45, 2.75) is 52.0 Å². The molecule has 0 aromatic heterocycles. The van der Waals surface area contributed by atoms with E-state index in [1.807, 2.05) is 12.1 Å². The van der Waals surface area contributed by atoms with Crippen molar-refractivity contribution < 1.29 is 4.74 Å². The molecule has 1 aromatic rings. The molecule has 0 spiro atoms. The molecule has 1 fully saturated rings. The number of nitrogens with zero attached hydrogens (tertiary/aromatic N) is 1. The first-order chi connectivity index (χ1) is 10.2. The number of para-hydroxylation sites is 1. The van der Waals surface area contributed by atoms with Gasteiger partial charge in [-0.3, -0.25) is 0 Å². The molecule has 0 heterocycles. The van der Waals surface area contributed by atoms with Crippen molar-refractivity contribution in [2.75, 3.05) is 13.2 Å². The van der Waals surface area contributed by atoms with Gasteiger partial charge >= 0.3 is 0 Å². The highest BCUT2D eigenvalue weighted by molar-refractivity contribution is 5.36. The smallest absolute Gasteiger partial charge is 0.124 e. The Morgan fingerprint density at radius 3 is 2.71 bits per heavy atom. The summed E-state index contributed by atoms with van der Waals surface area (Å²) in [4.78, 5) is 0. The second-order valence-corrected chi connectivity index (χ2v) is 6.08. The summed E-state index contributed by atoms with van der Waals surface area (Å²) in [5.74, 6) is 0.970. The molecule has 1 aliphatic carbocycles. The molecule has 1 atom stereocenters. The Labute approximate surface area is 128 Å². The molecule has 0 aliphatic heterocycles. The zero-order valence-corrected chi connectivity index (χ0v) is 13.2. The number of nitrogens with one attached hydrogen (secondary N) is 1. The van der Waals surface area contributed by atoms with Crippen LogP contribution in [0, 0.1) is 16.7 Å². The van der Waals surface area contributed by atoms with Crippen LogP contribution >= 0.6 is 0 Å². The van der Waals surface area contributed by atoms with E-state index in [1.54, 1.807) is 0 Å². The lowest BCUT2D eigenvalue weighted by atomic mass is 10.0. The molecule has 0 bridgehead atoms. The third-order valence-electron chi connectivity index (χ3n) is 4.29. The van der Waals surface area contributed by atoms with E-state index in [9.17, 15) is 0 Å². The van der Waals surface area contributed by atoms with Crippen molar-refractivity contribution in [3.8, 4) is 11.8 Å². The summed E-state index contributed by atoms with van der Waals surface area (Å²) < 4.78 is 6.09. The van der Waals surface area contributed by atoms with Gasteiger partial charge in [-0.15, -0.1) is 0 Å². The van der Waals surface area contributed by atoms with Crippen LogP contribution in [0.3, 0.4) is 0 Å². The minimum absolute atomic E-state index is 0.125. The van der Waals surface area contributed by atoms with Gasteiger partial charge in [0.25, 0.3) is 0 Å². The van der Waals surface area contributed by atoms with Gasteiger partial charge in [0.05, 0.1) is 12.7 Å². The summed E-state index contributed by atoms with van der Waals surface area (Å²) in [6, 6.07) is 10.9. The number of hydrogen-bond acceptors (Lipinski definition) is 3. The molecule has 1 aromatic carbocycles. The van der Waals surface area contributed by atoms with Crippen LogP contribution in [0.5, 0.6) is 5.75 Å². The van der Waals surface area contributed by atoms with E-state index >= 15 is 0 Å². The molecule has 1 aliphatic rings. The highest BCUT2D eigenvalue weighted by atomic mass is 16.5. The topological polar surface area (TPSA) is 45.0 Å². The summed E-state index contributed by atoms with van der Waals surface area (Å²) >= 11 is 0. The van der Waals surface area contributed by atoms with Crippen LogP contribution in [-0.4, -0.2) is 13.2 Å². The Hall–Kier alpha value is -1.53. The van der Waals surface area contributed by atoms with Crippen LogP contribution in [0.4, 0.5) is 0 Å². The van der Waals surface area contributed by atoms with Crippen molar-refractivity contribution in [1.82, 2.24) is 5.32 Å². The summed E-state index contributed by atoms with van der Waals surface area (Å²) in [7, 11) is 0. The van der Waals surface area contributed by atoms with E-state index in [0.29, 0.717) is 19.1 Å². The lowest BCUT2D eigenvalue weighted by Gasteiger charge is -2.22. The quantitative estimate of drug-likeness (QED) is 0.739. The first-order valence-corrected chi connectivity index (χ1v) is 8.06. The highest BCUT2D eigenvalue weighted by Gasteiger charge is 2.43. The number of rotatable bonds is 9. The summed E-state index contributed by atoms with van der Waals surface area (Å²) in [6.45, 7) is 6.07. The number of hydrogen-bond donors (Lipinski definition) is 1. The monoisotopic (exact) mass is 286 g/mol. The van der Waals surface area contributed by atoms with E-state index in [0.717, 1.165) is 38.0 Å². The first-order valence-electron chi connectivity index (χ1n) is 8.06. The van der Waals surface area contributed by atoms with E-state index in [1.165, 1.54) is 5.56 Å². The second-order valence-electron chi connectivity index (χ2n) is 6.08. The Morgan fingerprint density at radius 1 is 1.33 bits per heavy atom. The SMILES string of the molecule is CCCNC(CC)c1ccccc1OCC1(CC#N)CC1. The minimum Gasteiger partial charge on any atom is -0.493 e. The molecule has 21 heavy (non-hydrogen) atoms. The summed E-state index contributed by atoms with van der Waals surface area (Å²) in [5, 5.41) is 12.5. The van der Waals surface area contributed by atoms with Crippen LogP contribution < -0.4 is 10.1 Å². The second kappa shape index (κ2) is 7.47. The van der Waals surface area contributed by atoms with Crippen LogP contribution in [0.1, 0.15) is 57.6 Å². The van der Waals surface area contributed by atoms with Crippen molar-refractivity contribution >= 4 is 0 Å². The fourth-order valence-corrected chi connectivity index (χ4v) is 2.64. The van der Waals surface area contributed by atoms with E-state index in [-0.39, 0.29) is 5.41 Å². The van der Waals surface area contributed by atoms with Crippen molar-refractivity contribution in [1.29, 1.82) is 5.26 Å². The van der Waals surface area contributed by atoms with Gasteiger partial charge < -0.3 is 10.1 Å². The molecule has 114 valence electrons. The predicted molar refractivity (Wildman–Crippen MR) is 85.2 cm³/mol. The predicted octanol–water partition coefficient (Wildman–Crippen LogP) is 4.21. The molecule has 0 saturated heterocycles. The zero-order valence-electron chi connectivity index (χ0n) is 13.2. The summed E-state index contributed by atoms with van der Waals surface area (Å²) in [6.07, 6.45) is 5.02. The Morgan fingerprint density at radius 2 is 2.10 bits per heavy atom. The van der Waals surface area contributed by atoms with Gasteiger partial charge in [-0.05, 0) is 38.3 Å². The van der Waals surface area contributed by atoms with Crippen LogP contribution in [0.25, 0.3) is 0 Å². The maximum absolute atomic E-state index is 8.90. The number of ether oxygens (including phenoxy) is 1. The molecule has 1 unspecified atom stereocenters. The molecule has 1 N–H and O–H groups in total. The van der Waals surface area contributed by atoms with Gasteiger partial charge in [0, 0.05) is 23.4 Å². The standard InChI is InChI=1S/C18H26N2O/c1-3-13-20-16(4-2)15-7-5-6-8-17(15)21-14-18(9-10-18)11-12-19/h5-8,16,20H,3-4,9-11,13-14H2,1-2H3. The maximum atomic E-state index is 8.90. The third kappa shape index (κ3) is 4.22. The van der Waals surface area contributed by atoms with Crippen molar-refractivity contribution in [2.24, 2.45) is 5.41 Å². The van der Waals surface area contributed by atoms with Gasteiger partial charge in [-0.1, -0.05) is 32.0 Å². The molecule has 0 radical (unpaired) electrons. The number of benzene rings is 1. The van der Waals surface area contributed by atoms with Gasteiger partial charge in [-0.25, -0.2) is 0 Å². The fraction of sp³-hybridized carbons (Fsp3) is 0.611. The minimum atomic E-state index is 0.125. The average molecular weight is 286 g/mol. The average Bonchev–Trinajstić information content (AvgIpc) is 3.27. The molecule has 0 amide bonds. The van der Waals surface area contributed by atoms with Gasteiger partial charge in [0.2, 0.25) is 0 Å². The Bertz CT molecular complexity index is 488. The Balaban J connectivity index is 2.04. The molecule has 2 rings (SSSR count). The first kappa shape index (κ1) is 15.9. The largest absolute Gasteiger partial charge is 0.493 e. The van der Waals surface area contributed by atoms with Gasteiger partial charge in [0.15, 0.2) is 0 Å². The zero-order chi connectivity index (χ0) is 15.1. The normalized spacial score (nSPS) is 17.0. The van der Waals surface area contributed by atoms with E-state index in [4.69, 9.17) is 10.00 Å². The number of nitriles is 1. The highest BCUT2D eigenvalue weighted by Crippen LogP contribution is 2.49. The summed E-state index contributed by atoms with van der Waals surface area (Å²) in [5.41, 5.74) is 1.36. The molecule has 3 heteroatoms. The Kier molecular flexibility index (Phi) is 5.64. The van der Waals surface area contributed by atoms with Crippen molar-refractivity contribution in [3.63, 3.8) is 0 Å². The van der Waals surface area contributed by atoms with Crippen LogP contribution in [-0.2, 0) is 0 Å². The third-order valence-corrected chi connectivity index (χ3v) is 4.29. The molecule has 3 nitrogen and oxygen atoms in total. The van der Waals surface area contributed by atoms with Crippen LogP contribution in [0.2, 0.25) is 0 Å². The van der Waals surface area contributed by atoms with E-state index in [2.05, 4.69) is 37.4 Å². The van der Waals surface area contributed by atoms with Gasteiger partial charge in [0.1, 0.15) is 5.75 Å². The van der Waals surface area contributed by atoms with Crippen molar-refractivity contribution in [3.05, 3.63) is 29.8 Å². The maximum Gasteiger partial charge on any atom is 0.124 e. The fourth-order valence-electron chi connectivity index (χ4n) is 2.64. The molecule has 1 saturated carbocycles. The van der Waals surface area contributed by atoms with Gasteiger partial charge in [-0.2, -0.15) is 5.26 Å². The van der Waals surface area contributed by atoms with E-state index < -0.39 is 0 Å². The lowest BCUT2D eigenvalue weighted by molar-refractivity contribution is 0.232. The lowest BCUT2D eigenvalue weighted by Crippen LogP contribution is -2.22. The van der Waals surface area contributed by atoms with Crippen LogP contribution in [0.15, 0.2) is 24.3 Å².